The molecule has 0 spiro atoms. The van der Waals surface area contributed by atoms with E-state index in [2.05, 4.69) is 10.4 Å². The third-order valence-electron chi connectivity index (χ3n) is 4.16. The molecule has 0 saturated heterocycles. The number of hydrogen-bond donors (Lipinski definition) is 1. The largest absolute Gasteiger partial charge is 0.324 e. The molecule has 0 saturated carbocycles. The fraction of sp³-hybridized carbons (Fsp3) is 0.190. The Balaban J connectivity index is 1.80. The highest BCUT2D eigenvalue weighted by Crippen LogP contribution is 2.17. The summed E-state index contributed by atoms with van der Waals surface area (Å²) in [4.78, 5) is 24.4. The van der Waals surface area contributed by atoms with E-state index in [0.717, 1.165) is 27.9 Å². The Hall–Kier alpha value is -3.21. The molecular formula is C21H21N3O2. The van der Waals surface area contributed by atoms with Gasteiger partial charge >= 0.3 is 0 Å². The number of hydrogen-bond acceptors (Lipinski definition) is 3. The van der Waals surface area contributed by atoms with Crippen molar-refractivity contribution in [2.24, 2.45) is 0 Å². The summed E-state index contributed by atoms with van der Waals surface area (Å²) in [7, 11) is 0. The minimum atomic E-state index is -0.309. The molecule has 0 bridgehead atoms. The van der Waals surface area contributed by atoms with Gasteiger partial charge in [0, 0.05) is 17.3 Å². The van der Waals surface area contributed by atoms with Gasteiger partial charge in [-0.15, -0.1) is 0 Å². The minimum Gasteiger partial charge on any atom is -0.324 e. The van der Waals surface area contributed by atoms with Crippen molar-refractivity contribution in [1.82, 2.24) is 9.78 Å². The van der Waals surface area contributed by atoms with E-state index in [1.807, 2.05) is 63.2 Å². The van der Waals surface area contributed by atoms with Crippen LogP contribution in [0.5, 0.6) is 0 Å². The first-order valence-electron chi connectivity index (χ1n) is 8.45. The highest BCUT2D eigenvalue weighted by atomic mass is 16.2. The maximum Gasteiger partial charge on any atom is 0.267 e. The molecule has 132 valence electrons. The molecule has 5 nitrogen and oxygen atoms in total. The van der Waals surface area contributed by atoms with Gasteiger partial charge in [0.2, 0.25) is 5.91 Å². The fourth-order valence-corrected chi connectivity index (χ4v) is 2.72. The van der Waals surface area contributed by atoms with Crippen molar-refractivity contribution in [3.8, 4) is 11.3 Å². The van der Waals surface area contributed by atoms with Gasteiger partial charge in [-0.05, 0) is 38.5 Å². The molecule has 3 rings (SSSR count). The van der Waals surface area contributed by atoms with Gasteiger partial charge < -0.3 is 5.32 Å². The molecule has 1 N–H and O–H groups in total. The summed E-state index contributed by atoms with van der Waals surface area (Å²) in [5.74, 6) is -0.285. The van der Waals surface area contributed by atoms with Crippen molar-refractivity contribution in [3.63, 3.8) is 0 Å². The van der Waals surface area contributed by atoms with Gasteiger partial charge in [0.25, 0.3) is 5.56 Å². The van der Waals surface area contributed by atoms with Crippen LogP contribution >= 0.6 is 0 Å². The average Bonchev–Trinajstić information content (AvgIpc) is 2.60. The second-order valence-electron chi connectivity index (χ2n) is 6.45. The lowest BCUT2D eigenvalue weighted by Gasteiger charge is -2.10. The van der Waals surface area contributed by atoms with E-state index in [0.29, 0.717) is 5.69 Å². The lowest BCUT2D eigenvalue weighted by molar-refractivity contribution is -0.117. The van der Waals surface area contributed by atoms with Crippen LogP contribution in [-0.2, 0) is 11.3 Å². The minimum absolute atomic E-state index is 0.133. The van der Waals surface area contributed by atoms with Crippen LogP contribution in [0.1, 0.15) is 16.7 Å². The SMILES string of the molecule is Cc1ccc(-c2ccc(=O)n(CC(=O)Nc3ccc(C)cc3C)n2)cc1. The van der Waals surface area contributed by atoms with Gasteiger partial charge in [-0.1, -0.05) is 47.5 Å². The van der Waals surface area contributed by atoms with Crippen molar-refractivity contribution in [2.75, 3.05) is 5.32 Å². The Labute approximate surface area is 152 Å². The van der Waals surface area contributed by atoms with Crippen LogP contribution in [-0.4, -0.2) is 15.7 Å². The number of amides is 1. The third kappa shape index (κ3) is 4.06. The number of benzene rings is 2. The van der Waals surface area contributed by atoms with Gasteiger partial charge in [-0.3, -0.25) is 9.59 Å². The second-order valence-corrected chi connectivity index (χ2v) is 6.45. The molecule has 0 aliphatic carbocycles. The highest BCUT2D eigenvalue weighted by molar-refractivity contribution is 5.91. The molecule has 0 radical (unpaired) electrons. The zero-order valence-corrected chi connectivity index (χ0v) is 15.1. The Morgan fingerprint density at radius 1 is 0.962 bits per heavy atom. The van der Waals surface area contributed by atoms with Gasteiger partial charge in [-0.2, -0.15) is 5.10 Å². The number of aryl methyl sites for hydroxylation is 3. The molecule has 1 amide bonds. The quantitative estimate of drug-likeness (QED) is 0.786. The summed E-state index contributed by atoms with van der Waals surface area (Å²) in [6.07, 6.45) is 0. The smallest absolute Gasteiger partial charge is 0.267 e. The topological polar surface area (TPSA) is 64.0 Å². The highest BCUT2D eigenvalue weighted by Gasteiger charge is 2.09. The van der Waals surface area contributed by atoms with Crippen LogP contribution in [0, 0.1) is 20.8 Å². The maximum absolute atomic E-state index is 12.4. The number of anilines is 1. The van der Waals surface area contributed by atoms with E-state index in [-0.39, 0.29) is 18.0 Å². The molecule has 26 heavy (non-hydrogen) atoms. The van der Waals surface area contributed by atoms with Crippen molar-refractivity contribution in [3.05, 3.63) is 81.6 Å². The zero-order valence-electron chi connectivity index (χ0n) is 15.1. The van der Waals surface area contributed by atoms with Crippen LogP contribution in [0.25, 0.3) is 11.3 Å². The van der Waals surface area contributed by atoms with Crippen LogP contribution < -0.4 is 10.9 Å². The second kappa shape index (κ2) is 7.35. The van der Waals surface area contributed by atoms with E-state index in [1.165, 1.54) is 10.7 Å². The normalized spacial score (nSPS) is 10.6. The lowest BCUT2D eigenvalue weighted by Crippen LogP contribution is -2.29. The number of carbonyl (C=O) groups excluding carboxylic acids is 1. The first-order valence-corrected chi connectivity index (χ1v) is 8.45. The summed E-state index contributed by atoms with van der Waals surface area (Å²) >= 11 is 0. The van der Waals surface area contributed by atoms with E-state index in [1.54, 1.807) is 6.07 Å². The van der Waals surface area contributed by atoms with E-state index < -0.39 is 0 Å². The predicted octanol–water partition coefficient (Wildman–Crippen LogP) is 3.47. The first-order chi connectivity index (χ1) is 12.4. The molecule has 0 atom stereocenters. The molecule has 1 heterocycles. The molecule has 0 aliphatic heterocycles. The molecule has 3 aromatic rings. The van der Waals surface area contributed by atoms with Gasteiger partial charge in [0.15, 0.2) is 0 Å². The van der Waals surface area contributed by atoms with Crippen molar-refractivity contribution in [2.45, 2.75) is 27.3 Å². The van der Waals surface area contributed by atoms with Crippen LogP contribution in [0.15, 0.2) is 59.4 Å². The standard InChI is InChI=1S/C21H21N3O2/c1-14-4-7-17(8-5-14)19-10-11-21(26)24(23-19)13-20(25)22-18-9-6-15(2)12-16(18)3/h4-12H,13H2,1-3H3,(H,22,25). The van der Waals surface area contributed by atoms with Gasteiger partial charge in [-0.25, -0.2) is 4.68 Å². The van der Waals surface area contributed by atoms with Gasteiger partial charge in [0.05, 0.1) is 5.69 Å². The van der Waals surface area contributed by atoms with Crippen molar-refractivity contribution in [1.29, 1.82) is 0 Å². The summed E-state index contributed by atoms with van der Waals surface area (Å²) in [5, 5.41) is 7.17. The first kappa shape index (κ1) is 17.6. The van der Waals surface area contributed by atoms with Crippen LogP contribution in [0.3, 0.4) is 0 Å². The third-order valence-corrected chi connectivity index (χ3v) is 4.16. The number of rotatable bonds is 4. The predicted molar refractivity (Wildman–Crippen MR) is 103 cm³/mol. The number of nitrogens with zero attached hydrogens (tertiary/aromatic N) is 2. The Morgan fingerprint density at radius 3 is 2.35 bits per heavy atom. The average molecular weight is 347 g/mol. The number of aromatic nitrogens is 2. The molecule has 0 unspecified atom stereocenters. The summed E-state index contributed by atoms with van der Waals surface area (Å²) in [6, 6.07) is 16.8. The summed E-state index contributed by atoms with van der Waals surface area (Å²) in [5.41, 5.74) is 5.24. The molecule has 0 fully saturated rings. The molecule has 2 aromatic carbocycles. The molecule has 1 aromatic heterocycles. The van der Waals surface area contributed by atoms with E-state index in [9.17, 15) is 9.59 Å². The van der Waals surface area contributed by atoms with E-state index in [4.69, 9.17) is 0 Å². The monoisotopic (exact) mass is 347 g/mol. The molecule has 5 heteroatoms. The number of carbonyl (C=O) groups is 1. The Bertz CT molecular complexity index is 1000. The maximum atomic E-state index is 12.4. The van der Waals surface area contributed by atoms with Gasteiger partial charge in [0.1, 0.15) is 6.54 Å². The van der Waals surface area contributed by atoms with Crippen molar-refractivity contribution >= 4 is 11.6 Å². The fourth-order valence-electron chi connectivity index (χ4n) is 2.72. The molecular weight excluding hydrogens is 326 g/mol. The Kier molecular flexibility index (Phi) is 4.98. The number of nitrogens with one attached hydrogen (secondary N) is 1. The molecule has 0 aliphatic rings. The lowest BCUT2D eigenvalue weighted by atomic mass is 10.1. The Morgan fingerprint density at radius 2 is 1.65 bits per heavy atom. The van der Waals surface area contributed by atoms with Crippen LogP contribution in [0.4, 0.5) is 5.69 Å². The van der Waals surface area contributed by atoms with Crippen molar-refractivity contribution < 1.29 is 4.79 Å². The summed E-state index contributed by atoms with van der Waals surface area (Å²) in [6.45, 7) is 5.81. The van der Waals surface area contributed by atoms with Crippen LogP contribution in [0.2, 0.25) is 0 Å². The summed E-state index contributed by atoms with van der Waals surface area (Å²) < 4.78 is 1.19. The zero-order chi connectivity index (χ0) is 18.7. The van der Waals surface area contributed by atoms with E-state index >= 15 is 0 Å².